The average molecular weight is 215 g/mol. The van der Waals surface area contributed by atoms with Gasteiger partial charge in [0.25, 0.3) is 5.56 Å². The first-order valence-corrected chi connectivity index (χ1v) is 5.53. The highest BCUT2D eigenvalue weighted by molar-refractivity contribution is 5.56. The molecule has 0 spiro atoms. The first-order valence-electron chi connectivity index (χ1n) is 5.53. The molecule has 2 heterocycles. The van der Waals surface area contributed by atoms with Gasteiger partial charge in [-0.25, -0.2) is 0 Å². The van der Waals surface area contributed by atoms with Crippen LogP contribution in [0.4, 0.5) is 0 Å². The standard InChI is InChI=1S/C12H13N3O/c16-12-6-11(10-2-1-5-13-7-10)14-15(12)8-9-3-4-9/h1-2,5-7,9,14H,3-4,8H2. The van der Waals surface area contributed by atoms with Gasteiger partial charge in [0.05, 0.1) is 5.69 Å². The Morgan fingerprint density at radius 2 is 2.38 bits per heavy atom. The number of aromatic nitrogens is 3. The van der Waals surface area contributed by atoms with Crippen LogP contribution in [-0.4, -0.2) is 14.8 Å². The van der Waals surface area contributed by atoms with Gasteiger partial charge in [0.2, 0.25) is 0 Å². The van der Waals surface area contributed by atoms with Gasteiger partial charge in [-0.2, -0.15) is 0 Å². The highest BCUT2D eigenvalue weighted by Crippen LogP contribution is 2.30. The Balaban J connectivity index is 1.94. The first-order chi connectivity index (χ1) is 7.83. The van der Waals surface area contributed by atoms with E-state index in [1.807, 2.05) is 12.1 Å². The molecule has 4 nitrogen and oxygen atoms in total. The maximum atomic E-state index is 11.7. The maximum Gasteiger partial charge on any atom is 0.267 e. The molecule has 1 fully saturated rings. The number of hydrogen-bond acceptors (Lipinski definition) is 2. The highest BCUT2D eigenvalue weighted by Gasteiger charge is 2.22. The van der Waals surface area contributed by atoms with Gasteiger partial charge in [0.1, 0.15) is 0 Å². The zero-order valence-corrected chi connectivity index (χ0v) is 8.89. The third kappa shape index (κ3) is 1.78. The molecule has 0 bridgehead atoms. The fourth-order valence-corrected chi connectivity index (χ4v) is 1.80. The van der Waals surface area contributed by atoms with Gasteiger partial charge < -0.3 is 0 Å². The monoisotopic (exact) mass is 215 g/mol. The maximum absolute atomic E-state index is 11.7. The minimum Gasteiger partial charge on any atom is -0.295 e. The fraction of sp³-hybridized carbons (Fsp3) is 0.333. The second-order valence-electron chi connectivity index (χ2n) is 4.30. The molecular weight excluding hydrogens is 202 g/mol. The largest absolute Gasteiger partial charge is 0.295 e. The second-order valence-corrected chi connectivity index (χ2v) is 4.30. The molecule has 16 heavy (non-hydrogen) atoms. The van der Waals surface area contributed by atoms with Gasteiger partial charge in [-0.1, -0.05) is 0 Å². The quantitative estimate of drug-likeness (QED) is 0.846. The Bertz CT molecular complexity index is 537. The number of pyridine rings is 1. The molecule has 0 aromatic carbocycles. The minimum absolute atomic E-state index is 0.0470. The Morgan fingerprint density at radius 1 is 1.50 bits per heavy atom. The Kier molecular flexibility index (Phi) is 2.13. The number of hydrogen-bond donors (Lipinski definition) is 1. The molecule has 0 unspecified atom stereocenters. The van der Waals surface area contributed by atoms with Crippen LogP contribution in [0, 0.1) is 5.92 Å². The van der Waals surface area contributed by atoms with Crippen molar-refractivity contribution in [1.82, 2.24) is 14.8 Å². The van der Waals surface area contributed by atoms with Gasteiger partial charge >= 0.3 is 0 Å². The summed E-state index contributed by atoms with van der Waals surface area (Å²) in [5.41, 5.74) is 1.85. The molecule has 0 radical (unpaired) electrons. The van der Waals surface area contributed by atoms with Crippen molar-refractivity contribution >= 4 is 0 Å². The topological polar surface area (TPSA) is 50.7 Å². The number of H-pyrrole nitrogens is 1. The molecule has 0 aliphatic heterocycles. The van der Waals surface area contributed by atoms with E-state index >= 15 is 0 Å². The van der Waals surface area contributed by atoms with E-state index in [-0.39, 0.29) is 5.56 Å². The average Bonchev–Trinajstić information content (AvgIpc) is 3.05. The van der Waals surface area contributed by atoms with Crippen molar-refractivity contribution in [2.75, 3.05) is 0 Å². The number of nitrogens with one attached hydrogen (secondary N) is 1. The molecule has 4 heteroatoms. The molecule has 0 saturated heterocycles. The second kappa shape index (κ2) is 3.63. The van der Waals surface area contributed by atoms with E-state index in [2.05, 4.69) is 10.1 Å². The van der Waals surface area contributed by atoms with Crippen LogP contribution in [-0.2, 0) is 6.54 Å². The third-order valence-electron chi connectivity index (χ3n) is 2.90. The molecule has 0 amide bonds. The van der Waals surface area contributed by atoms with Crippen LogP contribution < -0.4 is 5.56 Å². The van der Waals surface area contributed by atoms with Crippen molar-refractivity contribution in [2.45, 2.75) is 19.4 Å². The highest BCUT2D eigenvalue weighted by atomic mass is 16.1. The summed E-state index contributed by atoms with van der Waals surface area (Å²) in [5.74, 6) is 0.693. The fourth-order valence-electron chi connectivity index (χ4n) is 1.80. The van der Waals surface area contributed by atoms with Crippen molar-refractivity contribution in [3.8, 4) is 11.3 Å². The van der Waals surface area contributed by atoms with E-state index in [1.54, 1.807) is 23.1 Å². The molecule has 0 atom stereocenters. The van der Waals surface area contributed by atoms with Crippen molar-refractivity contribution in [1.29, 1.82) is 0 Å². The van der Waals surface area contributed by atoms with Gasteiger partial charge in [-0.3, -0.25) is 19.6 Å². The van der Waals surface area contributed by atoms with Crippen molar-refractivity contribution < 1.29 is 0 Å². The van der Waals surface area contributed by atoms with Gasteiger partial charge in [0, 0.05) is 30.6 Å². The van der Waals surface area contributed by atoms with E-state index in [9.17, 15) is 4.79 Å². The van der Waals surface area contributed by atoms with Crippen LogP contribution in [0.3, 0.4) is 0 Å². The lowest BCUT2D eigenvalue weighted by atomic mass is 10.2. The zero-order chi connectivity index (χ0) is 11.0. The van der Waals surface area contributed by atoms with E-state index in [1.165, 1.54) is 12.8 Å². The van der Waals surface area contributed by atoms with E-state index in [0.717, 1.165) is 17.8 Å². The number of rotatable bonds is 3. The minimum atomic E-state index is 0.0470. The Hall–Kier alpha value is -1.84. The van der Waals surface area contributed by atoms with Crippen LogP contribution in [0.25, 0.3) is 11.3 Å². The SMILES string of the molecule is O=c1cc(-c2cccnc2)[nH]n1CC1CC1. The molecular formula is C12H13N3O. The summed E-state index contributed by atoms with van der Waals surface area (Å²) in [6.45, 7) is 0.819. The molecule has 1 aliphatic carbocycles. The Labute approximate surface area is 92.9 Å². The van der Waals surface area contributed by atoms with Crippen molar-refractivity contribution in [3.63, 3.8) is 0 Å². The summed E-state index contributed by atoms with van der Waals surface area (Å²) < 4.78 is 1.69. The van der Waals surface area contributed by atoms with E-state index in [0.29, 0.717) is 5.92 Å². The molecule has 82 valence electrons. The zero-order valence-electron chi connectivity index (χ0n) is 8.89. The lowest BCUT2D eigenvalue weighted by molar-refractivity contribution is 0.549. The van der Waals surface area contributed by atoms with Crippen LogP contribution in [0.5, 0.6) is 0 Å². The van der Waals surface area contributed by atoms with Crippen LogP contribution in [0.2, 0.25) is 0 Å². The molecule has 3 rings (SSSR count). The molecule has 1 aliphatic rings. The normalized spacial score (nSPS) is 15.2. The van der Waals surface area contributed by atoms with Crippen LogP contribution in [0.1, 0.15) is 12.8 Å². The molecule has 1 saturated carbocycles. The van der Waals surface area contributed by atoms with Gasteiger partial charge in [-0.15, -0.1) is 0 Å². The van der Waals surface area contributed by atoms with Crippen LogP contribution in [0.15, 0.2) is 35.4 Å². The number of nitrogens with zero attached hydrogens (tertiary/aromatic N) is 2. The van der Waals surface area contributed by atoms with E-state index < -0.39 is 0 Å². The Morgan fingerprint density at radius 3 is 3.06 bits per heavy atom. The summed E-state index contributed by atoms with van der Waals surface area (Å²) in [6.07, 6.45) is 5.97. The van der Waals surface area contributed by atoms with Gasteiger partial charge in [0.15, 0.2) is 0 Å². The summed E-state index contributed by atoms with van der Waals surface area (Å²) in [7, 11) is 0. The first kappa shape index (κ1) is 9.39. The summed E-state index contributed by atoms with van der Waals surface area (Å²) in [5, 5.41) is 3.13. The predicted molar refractivity (Wildman–Crippen MR) is 61.0 cm³/mol. The predicted octanol–water partition coefficient (Wildman–Crippen LogP) is 1.65. The summed E-state index contributed by atoms with van der Waals surface area (Å²) in [6, 6.07) is 5.45. The lowest BCUT2D eigenvalue weighted by Gasteiger charge is -1.99. The third-order valence-corrected chi connectivity index (χ3v) is 2.90. The summed E-state index contributed by atoms with van der Waals surface area (Å²) >= 11 is 0. The van der Waals surface area contributed by atoms with Crippen molar-refractivity contribution in [2.24, 2.45) is 5.92 Å². The molecule has 2 aromatic heterocycles. The van der Waals surface area contributed by atoms with Crippen LogP contribution >= 0.6 is 0 Å². The number of aromatic amines is 1. The van der Waals surface area contributed by atoms with Gasteiger partial charge in [-0.05, 0) is 30.9 Å². The van der Waals surface area contributed by atoms with E-state index in [4.69, 9.17) is 0 Å². The smallest absolute Gasteiger partial charge is 0.267 e. The molecule has 2 aromatic rings. The molecule has 1 N–H and O–H groups in total. The summed E-state index contributed by atoms with van der Waals surface area (Å²) in [4.78, 5) is 15.7. The lowest BCUT2D eigenvalue weighted by Crippen LogP contribution is -2.16. The van der Waals surface area contributed by atoms with Crippen molar-refractivity contribution in [3.05, 3.63) is 40.9 Å².